The average Bonchev–Trinajstić information content (AvgIpc) is 3.15. The zero-order chi connectivity index (χ0) is 19.9. The predicted octanol–water partition coefficient (Wildman–Crippen LogP) is 4.27. The molecule has 28 heavy (non-hydrogen) atoms. The van der Waals surface area contributed by atoms with Gasteiger partial charge < -0.3 is 14.6 Å². The lowest BCUT2D eigenvalue weighted by atomic mass is 10.1. The second kappa shape index (κ2) is 9.41. The van der Waals surface area contributed by atoms with Gasteiger partial charge in [-0.25, -0.2) is 0 Å². The number of aryl methyl sites for hydroxylation is 1. The Morgan fingerprint density at radius 3 is 2.54 bits per heavy atom. The van der Waals surface area contributed by atoms with Crippen molar-refractivity contribution in [3.05, 3.63) is 54.1 Å². The highest BCUT2D eigenvalue weighted by atomic mass is 32.2. The van der Waals surface area contributed by atoms with Gasteiger partial charge in [0.1, 0.15) is 5.75 Å². The summed E-state index contributed by atoms with van der Waals surface area (Å²) in [6.07, 6.45) is 0.874. The first kappa shape index (κ1) is 19.9. The van der Waals surface area contributed by atoms with Crippen LogP contribution in [0.15, 0.2) is 53.7 Å². The monoisotopic (exact) mass is 396 g/mol. The van der Waals surface area contributed by atoms with Crippen LogP contribution in [0.3, 0.4) is 0 Å². The number of amides is 1. The van der Waals surface area contributed by atoms with Crippen LogP contribution in [0.1, 0.15) is 19.4 Å². The minimum Gasteiger partial charge on any atom is -0.497 e. The molecule has 0 saturated heterocycles. The number of anilines is 1. The van der Waals surface area contributed by atoms with Gasteiger partial charge in [-0.15, -0.1) is 10.2 Å². The van der Waals surface area contributed by atoms with Crippen molar-refractivity contribution in [3.8, 4) is 17.1 Å². The number of hydrogen-bond donors (Lipinski definition) is 1. The van der Waals surface area contributed by atoms with Crippen molar-refractivity contribution in [1.82, 2.24) is 14.8 Å². The summed E-state index contributed by atoms with van der Waals surface area (Å²) >= 11 is 1.39. The van der Waals surface area contributed by atoms with E-state index >= 15 is 0 Å². The molecular formula is C21H24N4O2S. The fraction of sp³-hybridized carbons (Fsp3) is 0.286. The molecule has 6 nitrogen and oxygen atoms in total. The van der Waals surface area contributed by atoms with E-state index in [-0.39, 0.29) is 11.7 Å². The number of para-hydroxylation sites is 1. The van der Waals surface area contributed by atoms with Gasteiger partial charge in [-0.2, -0.15) is 0 Å². The molecule has 0 saturated carbocycles. The molecule has 3 aromatic rings. The Morgan fingerprint density at radius 2 is 1.86 bits per heavy atom. The molecule has 0 aliphatic rings. The molecule has 1 amide bonds. The van der Waals surface area contributed by atoms with Crippen LogP contribution in [0.4, 0.5) is 5.69 Å². The molecule has 2 aromatic carbocycles. The van der Waals surface area contributed by atoms with E-state index in [0.29, 0.717) is 0 Å². The smallest absolute Gasteiger partial charge is 0.234 e. The zero-order valence-electron chi connectivity index (χ0n) is 16.3. The number of ether oxygens (including phenoxy) is 1. The second-order valence-electron chi connectivity index (χ2n) is 6.13. The summed E-state index contributed by atoms with van der Waals surface area (Å²) < 4.78 is 7.22. The van der Waals surface area contributed by atoms with E-state index in [9.17, 15) is 4.79 Å². The molecule has 0 fully saturated rings. The number of hydrogen-bond acceptors (Lipinski definition) is 5. The van der Waals surface area contributed by atoms with Gasteiger partial charge in [-0.1, -0.05) is 36.9 Å². The van der Waals surface area contributed by atoms with Gasteiger partial charge in [0.2, 0.25) is 5.91 Å². The van der Waals surface area contributed by atoms with E-state index in [1.165, 1.54) is 11.8 Å². The molecule has 1 aromatic heterocycles. The van der Waals surface area contributed by atoms with Crippen LogP contribution in [-0.4, -0.2) is 33.5 Å². The summed E-state index contributed by atoms with van der Waals surface area (Å²) in [4.78, 5) is 12.4. The SMILES string of the molecule is CCc1ccccc1NC(=O)CSc1nnc(-c2ccc(OC)cc2)n1CC. The number of carbonyl (C=O) groups excluding carboxylic acids is 1. The van der Waals surface area contributed by atoms with Crippen molar-refractivity contribution in [1.29, 1.82) is 0 Å². The van der Waals surface area contributed by atoms with Crippen molar-refractivity contribution in [2.45, 2.75) is 32.0 Å². The van der Waals surface area contributed by atoms with Crippen LogP contribution in [0.25, 0.3) is 11.4 Å². The lowest BCUT2D eigenvalue weighted by molar-refractivity contribution is -0.113. The minimum absolute atomic E-state index is 0.0532. The molecule has 0 atom stereocenters. The van der Waals surface area contributed by atoms with Crippen molar-refractivity contribution >= 4 is 23.4 Å². The van der Waals surface area contributed by atoms with Crippen molar-refractivity contribution in [2.24, 2.45) is 0 Å². The van der Waals surface area contributed by atoms with E-state index < -0.39 is 0 Å². The van der Waals surface area contributed by atoms with E-state index in [2.05, 4.69) is 22.4 Å². The summed E-state index contributed by atoms with van der Waals surface area (Å²) in [5, 5.41) is 12.3. The minimum atomic E-state index is -0.0532. The number of thioether (sulfide) groups is 1. The van der Waals surface area contributed by atoms with E-state index in [1.807, 2.05) is 60.0 Å². The molecule has 0 aliphatic carbocycles. The lowest BCUT2D eigenvalue weighted by Gasteiger charge is -2.10. The van der Waals surface area contributed by atoms with Crippen LogP contribution >= 0.6 is 11.8 Å². The van der Waals surface area contributed by atoms with Gasteiger partial charge in [0.15, 0.2) is 11.0 Å². The van der Waals surface area contributed by atoms with Crippen molar-refractivity contribution in [2.75, 3.05) is 18.2 Å². The Labute approximate surface area is 169 Å². The summed E-state index contributed by atoms with van der Waals surface area (Å²) in [6, 6.07) is 15.6. The number of aromatic nitrogens is 3. The lowest BCUT2D eigenvalue weighted by Crippen LogP contribution is -2.15. The molecule has 0 spiro atoms. The van der Waals surface area contributed by atoms with Crippen LogP contribution in [0.2, 0.25) is 0 Å². The van der Waals surface area contributed by atoms with Crippen molar-refractivity contribution in [3.63, 3.8) is 0 Å². The van der Waals surface area contributed by atoms with Crippen LogP contribution in [0, 0.1) is 0 Å². The molecule has 146 valence electrons. The quantitative estimate of drug-likeness (QED) is 0.576. The first-order chi connectivity index (χ1) is 13.7. The largest absolute Gasteiger partial charge is 0.497 e. The Bertz CT molecular complexity index is 938. The van der Waals surface area contributed by atoms with E-state index in [4.69, 9.17) is 4.74 Å². The van der Waals surface area contributed by atoms with E-state index in [1.54, 1.807) is 7.11 Å². The van der Waals surface area contributed by atoms with Gasteiger partial charge in [-0.3, -0.25) is 4.79 Å². The molecule has 7 heteroatoms. The third-order valence-corrected chi connectivity index (χ3v) is 5.35. The topological polar surface area (TPSA) is 69.0 Å². The van der Waals surface area contributed by atoms with Crippen LogP contribution in [-0.2, 0) is 17.8 Å². The van der Waals surface area contributed by atoms with Gasteiger partial charge in [0, 0.05) is 17.8 Å². The number of methoxy groups -OCH3 is 1. The number of benzene rings is 2. The Kier molecular flexibility index (Phi) is 6.71. The highest BCUT2D eigenvalue weighted by Gasteiger charge is 2.15. The number of nitrogens with one attached hydrogen (secondary N) is 1. The number of carbonyl (C=O) groups is 1. The first-order valence-electron chi connectivity index (χ1n) is 9.24. The third-order valence-electron chi connectivity index (χ3n) is 4.39. The van der Waals surface area contributed by atoms with E-state index in [0.717, 1.165) is 46.5 Å². The highest BCUT2D eigenvalue weighted by molar-refractivity contribution is 7.99. The third kappa shape index (κ3) is 4.54. The average molecular weight is 397 g/mol. The second-order valence-corrected chi connectivity index (χ2v) is 7.07. The first-order valence-corrected chi connectivity index (χ1v) is 10.2. The summed E-state index contributed by atoms with van der Waals surface area (Å²) in [7, 11) is 1.64. The molecule has 1 N–H and O–H groups in total. The summed E-state index contributed by atoms with van der Waals surface area (Å²) in [5.74, 6) is 1.80. The molecule has 1 heterocycles. The van der Waals surface area contributed by atoms with Gasteiger partial charge >= 0.3 is 0 Å². The maximum atomic E-state index is 12.4. The molecule has 3 rings (SSSR count). The molecule has 0 unspecified atom stereocenters. The van der Waals surface area contributed by atoms with Crippen molar-refractivity contribution < 1.29 is 9.53 Å². The summed E-state index contributed by atoms with van der Waals surface area (Å²) in [6.45, 7) is 4.83. The predicted molar refractivity (Wildman–Crippen MR) is 113 cm³/mol. The molecular weight excluding hydrogens is 372 g/mol. The molecule has 0 aliphatic heterocycles. The number of nitrogens with zero attached hydrogens (tertiary/aromatic N) is 3. The molecule has 0 bridgehead atoms. The number of rotatable bonds is 8. The van der Waals surface area contributed by atoms with Gasteiger partial charge in [0.25, 0.3) is 0 Å². The highest BCUT2D eigenvalue weighted by Crippen LogP contribution is 2.26. The Morgan fingerprint density at radius 1 is 1.11 bits per heavy atom. The maximum Gasteiger partial charge on any atom is 0.234 e. The normalized spacial score (nSPS) is 10.7. The maximum absolute atomic E-state index is 12.4. The summed E-state index contributed by atoms with van der Waals surface area (Å²) in [5.41, 5.74) is 2.95. The molecule has 0 radical (unpaired) electrons. The van der Waals surface area contributed by atoms with Crippen LogP contribution < -0.4 is 10.1 Å². The fourth-order valence-electron chi connectivity index (χ4n) is 2.90. The fourth-order valence-corrected chi connectivity index (χ4v) is 3.70. The van der Waals surface area contributed by atoms with Gasteiger partial charge in [0.05, 0.1) is 12.9 Å². The Balaban J connectivity index is 1.69. The van der Waals surface area contributed by atoms with Crippen LogP contribution in [0.5, 0.6) is 5.75 Å². The Hall–Kier alpha value is -2.80. The van der Waals surface area contributed by atoms with Gasteiger partial charge in [-0.05, 0) is 49.2 Å². The standard InChI is InChI=1S/C21H24N4O2S/c1-4-15-8-6-7-9-18(15)22-19(26)14-28-21-24-23-20(25(21)5-2)16-10-12-17(27-3)13-11-16/h6-13H,4-5,14H2,1-3H3,(H,22,26). The zero-order valence-corrected chi connectivity index (χ0v) is 17.1.